The third-order valence-corrected chi connectivity index (χ3v) is 8.10. The second kappa shape index (κ2) is 6.22. The van der Waals surface area contributed by atoms with E-state index >= 15 is 0 Å². The molecule has 7 rings (SSSR count). The molecule has 0 aliphatic heterocycles. The van der Waals surface area contributed by atoms with Gasteiger partial charge in [0.05, 0.1) is 0 Å². The lowest BCUT2D eigenvalue weighted by Gasteiger charge is -2.33. The molecule has 3 aromatic carbocycles. The van der Waals surface area contributed by atoms with Crippen LogP contribution in [0.3, 0.4) is 0 Å². The quantitative estimate of drug-likeness (QED) is 0.433. The molecule has 0 N–H and O–H groups in total. The van der Waals surface area contributed by atoms with Crippen LogP contribution in [0.4, 0.5) is 0 Å². The van der Waals surface area contributed by atoms with Gasteiger partial charge in [0, 0.05) is 5.02 Å². The van der Waals surface area contributed by atoms with E-state index in [9.17, 15) is 0 Å². The number of hydrogen-bond acceptors (Lipinski definition) is 0. The highest BCUT2D eigenvalue weighted by Crippen LogP contribution is 2.65. The Kier molecular flexibility index (Phi) is 3.75. The zero-order valence-electron chi connectivity index (χ0n) is 16.1. The molecule has 0 aromatic heterocycles. The van der Waals surface area contributed by atoms with Crippen molar-refractivity contribution in [2.75, 3.05) is 0 Å². The minimum absolute atomic E-state index is 0.518. The smallest absolute Gasteiger partial charge is 0.0406 e. The van der Waals surface area contributed by atoms with Crippen molar-refractivity contribution in [1.29, 1.82) is 0 Å². The summed E-state index contributed by atoms with van der Waals surface area (Å²) in [5.74, 6) is 2.98. The normalized spacial score (nSPS) is 30.1. The van der Waals surface area contributed by atoms with E-state index in [1.54, 1.807) is 5.56 Å². The fourth-order valence-electron chi connectivity index (χ4n) is 6.76. The van der Waals surface area contributed by atoms with Gasteiger partial charge >= 0.3 is 0 Å². The van der Waals surface area contributed by atoms with Crippen molar-refractivity contribution in [1.82, 2.24) is 0 Å². The molecule has 3 aromatic rings. The zero-order valence-corrected chi connectivity index (χ0v) is 16.8. The average Bonchev–Trinajstić information content (AvgIpc) is 3.14. The zero-order chi connectivity index (χ0) is 18.7. The van der Waals surface area contributed by atoms with Gasteiger partial charge in [0.15, 0.2) is 0 Å². The largest absolute Gasteiger partial charge is 0.0843 e. The van der Waals surface area contributed by atoms with Crippen LogP contribution in [-0.4, -0.2) is 0 Å². The van der Waals surface area contributed by atoms with Crippen molar-refractivity contribution >= 4 is 11.6 Å². The Morgan fingerprint density at radius 1 is 0.571 bits per heavy atom. The second-order valence-electron chi connectivity index (χ2n) is 9.36. The summed E-state index contributed by atoms with van der Waals surface area (Å²) in [6.45, 7) is 0. The Labute approximate surface area is 172 Å². The molecule has 4 aliphatic carbocycles. The molecule has 1 heteroatoms. The Bertz CT molecular complexity index is 984. The van der Waals surface area contributed by atoms with Gasteiger partial charge < -0.3 is 0 Å². The number of hydrogen-bond donors (Lipinski definition) is 0. The molecule has 0 amide bonds. The van der Waals surface area contributed by atoms with E-state index in [-0.39, 0.29) is 0 Å². The van der Waals surface area contributed by atoms with Crippen molar-refractivity contribution in [3.63, 3.8) is 0 Å². The van der Waals surface area contributed by atoms with E-state index in [1.165, 1.54) is 54.4 Å². The van der Waals surface area contributed by atoms with E-state index in [0.717, 1.165) is 22.8 Å². The van der Waals surface area contributed by atoms with Gasteiger partial charge in [0.2, 0.25) is 0 Å². The summed E-state index contributed by atoms with van der Waals surface area (Å²) >= 11 is 6.01. The van der Waals surface area contributed by atoms with Gasteiger partial charge in [-0.05, 0) is 95.2 Å². The molecule has 28 heavy (non-hydrogen) atoms. The average molecular weight is 385 g/mol. The summed E-state index contributed by atoms with van der Waals surface area (Å²) in [5, 5.41) is 0.781. The van der Waals surface area contributed by atoms with E-state index < -0.39 is 0 Å². The predicted molar refractivity (Wildman–Crippen MR) is 118 cm³/mol. The van der Waals surface area contributed by atoms with Gasteiger partial charge in [0.25, 0.3) is 0 Å². The molecule has 0 spiro atoms. The molecular weight excluding hydrogens is 360 g/mol. The van der Waals surface area contributed by atoms with E-state index in [0.29, 0.717) is 5.41 Å². The minimum atomic E-state index is 0.518. The first-order chi connectivity index (χ1) is 13.7. The number of benzene rings is 3. The fraction of sp³-hybridized carbons (Fsp3) is 0.333. The molecule has 140 valence electrons. The van der Waals surface area contributed by atoms with Gasteiger partial charge in [-0.1, -0.05) is 72.3 Å². The van der Waals surface area contributed by atoms with Crippen LogP contribution in [0.2, 0.25) is 5.02 Å². The maximum atomic E-state index is 6.01. The Balaban J connectivity index is 1.26. The molecule has 4 aliphatic rings. The van der Waals surface area contributed by atoms with Gasteiger partial charge in [-0.15, -0.1) is 0 Å². The van der Waals surface area contributed by atoms with Gasteiger partial charge in [0.1, 0.15) is 0 Å². The van der Waals surface area contributed by atoms with Crippen LogP contribution in [0.5, 0.6) is 0 Å². The molecule has 0 heterocycles. The van der Waals surface area contributed by atoms with E-state index in [4.69, 9.17) is 11.6 Å². The van der Waals surface area contributed by atoms with Crippen molar-refractivity contribution in [3.8, 4) is 22.3 Å². The molecule has 4 saturated carbocycles. The Hall–Kier alpha value is -2.05. The molecule has 2 atom stereocenters. The number of rotatable bonds is 3. The second-order valence-corrected chi connectivity index (χ2v) is 9.80. The standard InChI is InChI=1S/C27H25Cl/c28-26-11-7-23(8-12-26)21-3-1-20(2-4-21)22-5-9-24(10-6-22)27-16-18-13-19(17-27)15-25(27)14-18/h1-12,18-19,25H,13-17H2. The van der Waals surface area contributed by atoms with Gasteiger partial charge in [-0.2, -0.15) is 0 Å². The van der Waals surface area contributed by atoms with Crippen LogP contribution >= 0.6 is 11.6 Å². The number of halogens is 1. The van der Waals surface area contributed by atoms with Crippen LogP contribution < -0.4 is 0 Å². The molecule has 4 fully saturated rings. The molecule has 0 saturated heterocycles. The van der Waals surface area contributed by atoms with Crippen molar-refractivity contribution < 1.29 is 0 Å². The summed E-state index contributed by atoms with van der Waals surface area (Å²) in [7, 11) is 0. The SMILES string of the molecule is Clc1ccc(-c2ccc(-c3ccc(C45CC6CC(CC4C6)C5)cc3)cc2)cc1. The summed E-state index contributed by atoms with van der Waals surface area (Å²) in [4.78, 5) is 0. The Morgan fingerprint density at radius 2 is 1.00 bits per heavy atom. The third kappa shape index (κ3) is 2.58. The molecule has 2 unspecified atom stereocenters. The monoisotopic (exact) mass is 384 g/mol. The van der Waals surface area contributed by atoms with Crippen molar-refractivity contribution in [2.45, 2.75) is 37.5 Å². The molecular formula is C27H25Cl. The lowest BCUT2D eigenvalue weighted by molar-refractivity contribution is 0.266. The predicted octanol–water partition coefficient (Wildman–Crippen LogP) is 7.75. The molecule has 4 bridgehead atoms. The van der Waals surface area contributed by atoms with Crippen LogP contribution in [0.25, 0.3) is 22.3 Å². The summed E-state index contributed by atoms with van der Waals surface area (Å²) in [6, 6.07) is 26.5. The lowest BCUT2D eigenvalue weighted by Crippen LogP contribution is -2.27. The topological polar surface area (TPSA) is 0 Å². The molecule has 0 nitrogen and oxygen atoms in total. The highest BCUT2D eigenvalue weighted by molar-refractivity contribution is 6.30. The van der Waals surface area contributed by atoms with E-state index in [2.05, 4.69) is 60.7 Å². The van der Waals surface area contributed by atoms with E-state index in [1.807, 2.05) is 12.1 Å². The fourth-order valence-corrected chi connectivity index (χ4v) is 6.89. The van der Waals surface area contributed by atoms with Crippen molar-refractivity contribution in [3.05, 3.63) is 83.4 Å². The first kappa shape index (κ1) is 16.9. The molecule has 0 radical (unpaired) electrons. The maximum Gasteiger partial charge on any atom is 0.0406 e. The van der Waals surface area contributed by atoms with Crippen LogP contribution in [0.15, 0.2) is 72.8 Å². The highest BCUT2D eigenvalue weighted by Gasteiger charge is 2.58. The van der Waals surface area contributed by atoms with Crippen LogP contribution in [-0.2, 0) is 5.41 Å². The maximum absolute atomic E-state index is 6.01. The summed E-state index contributed by atoms with van der Waals surface area (Å²) < 4.78 is 0. The first-order valence-electron chi connectivity index (χ1n) is 10.7. The lowest BCUT2D eigenvalue weighted by atomic mass is 9.71. The van der Waals surface area contributed by atoms with Gasteiger partial charge in [-0.3, -0.25) is 0 Å². The summed E-state index contributed by atoms with van der Waals surface area (Å²) in [5.41, 5.74) is 7.18. The van der Waals surface area contributed by atoms with Crippen molar-refractivity contribution in [2.24, 2.45) is 17.8 Å². The van der Waals surface area contributed by atoms with Gasteiger partial charge in [-0.25, -0.2) is 0 Å². The third-order valence-electron chi connectivity index (χ3n) is 7.85. The Morgan fingerprint density at radius 3 is 1.50 bits per heavy atom. The van der Waals surface area contributed by atoms with Crippen LogP contribution in [0, 0.1) is 17.8 Å². The first-order valence-corrected chi connectivity index (χ1v) is 11.0. The summed E-state index contributed by atoms with van der Waals surface area (Å²) in [6.07, 6.45) is 7.39. The van der Waals surface area contributed by atoms with Crippen LogP contribution in [0.1, 0.15) is 37.7 Å². The highest BCUT2D eigenvalue weighted by atomic mass is 35.5. The minimum Gasteiger partial charge on any atom is -0.0843 e.